The van der Waals surface area contributed by atoms with E-state index in [1.54, 1.807) is 12.0 Å². The molecule has 0 aromatic heterocycles. The van der Waals surface area contributed by atoms with Crippen LogP contribution in [0.1, 0.15) is 18.4 Å². The third-order valence-corrected chi connectivity index (χ3v) is 5.15. The molecule has 2 fully saturated rings. The predicted molar refractivity (Wildman–Crippen MR) is 86.6 cm³/mol. The van der Waals surface area contributed by atoms with Crippen LogP contribution >= 0.6 is 11.6 Å². The van der Waals surface area contributed by atoms with Crippen molar-refractivity contribution in [1.29, 1.82) is 0 Å². The van der Waals surface area contributed by atoms with Gasteiger partial charge in [-0.15, -0.1) is 0 Å². The summed E-state index contributed by atoms with van der Waals surface area (Å²) in [6, 6.07) is 7.51. The van der Waals surface area contributed by atoms with Crippen LogP contribution in [0.4, 0.5) is 0 Å². The van der Waals surface area contributed by atoms with Gasteiger partial charge in [0.05, 0.1) is 25.1 Å². The van der Waals surface area contributed by atoms with Crippen LogP contribution in [0.5, 0.6) is 0 Å². The molecule has 23 heavy (non-hydrogen) atoms. The Morgan fingerprint density at radius 1 is 1.35 bits per heavy atom. The number of rotatable bonds is 4. The number of ether oxygens (including phenoxy) is 2. The lowest BCUT2D eigenvalue weighted by molar-refractivity contribution is -0.173. The van der Waals surface area contributed by atoms with Gasteiger partial charge in [-0.3, -0.25) is 4.79 Å². The smallest absolute Gasteiger partial charge is 0.233 e. The van der Waals surface area contributed by atoms with Crippen molar-refractivity contribution in [3.8, 4) is 0 Å². The Kier molecular flexibility index (Phi) is 4.65. The van der Waals surface area contributed by atoms with Crippen molar-refractivity contribution in [3.05, 3.63) is 34.9 Å². The van der Waals surface area contributed by atoms with Crippen molar-refractivity contribution < 1.29 is 19.4 Å². The van der Waals surface area contributed by atoms with E-state index in [-0.39, 0.29) is 12.5 Å². The molecule has 0 bridgehead atoms. The van der Waals surface area contributed by atoms with Crippen LogP contribution in [0.25, 0.3) is 0 Å². The molecule has 2 heterocycles. The summed E-state index contributed by atoms with van der Waals surface area (Å²) in [6.45, 7) is 1.90. The number of halogens is 1. The molecule has 0 unspecified atom stereocenters. The molecule has 0 radical (unpaired) electrons. The van der Waals surface area contributed by atoms with Gasteiger partial charge in [0.25, 0.3) is 0 Å². The molecule has 1 amide bonds. The zero-order chi connectivity index (χ0) is 16.5. The van der Waals surface area contributed by atoms with Gasteiger partial charge in [0.2, 0.25) is 5.91 Å². The van der Waals surface area contributed by atoms with Crippen LogP contribution in [0.3, 0.4) is 0 Å². The summed E-state index contributed by atoms with van der Waals surface area (Å²) in [7, 11) is 1.55. The van der Waals surface area contributed by atoms with E-state index in [0.717, 1.165) is 5.56 Å². The molecule has 2 saturated heterocycles. The molecule has 1 aromatic rings. The topological polar surface area (TPSA) is 59.0 Å². The molecule has 6 heteroatoms. The summed E-state index contributed by atoms with van der Waals surface area (Å²) in [4.78, 5) is 14.9. The Balaban J connectivity index is 1.86. The van der Waals surface area contributed by atoms with E-state index >= 15 is 0 Å². The van der Waals surface area contributed by atoms with Gasteiger partial charge in [0, 0.05) is 25.3 Å². The summed E-state index contributed by atoms with van der Waals surface area (Å²) in [5.74, 6) is 0.0229. The molecule has 1 N–H and O–H groups in total. The van der Waals surface area contributed by atoms with Crippen LogP contribution in [0.2, 0.25) is 5.02 Å². The summed E-state index contributed by atoms with van der Waals surface area (Å²) in [5, 5.41) is 10.9. The molecule has 5 nitrogen and oxygen atoms in total. The van der Waals surface area contributed by atoms with Crippen molar-refractivity contribution in [2.75, 3.05) is 40.0 Å². The van der Waals surface area contributed by atoms with Crippen molar-refractivity contribution in [3.63, 3.8) is 0 Å². The number of likely N-dealkylation sites (tertiary alicyclic amines) is 1. The largest absolute Gasteiger partial charge is 0.384 e. The van der Waals surface area contributed by atoms with Gasteiger partial charge in [0.15, 0.2) is 0 Å². The number of carbonyl (C=O) groups excluding carboxylic acids is 1. The second-order valence-electron chi connectivity index (χ2n) is 6.49. The fourth-order valence-corrected chi connectivity index (χ4v) is 3.95. The van der Waals surface area contributed by atoms with Gasteiger partial charge in [-0.25, -0.2) is 0 Å². The molecular formula is C17H22ClNO4. The number of methoxy groups -OCH3 is 1. The maximum Gasteiger partial charge on any atom is 0.233 e. The van der Waals surface area contributed by atoms with Gasteiger partial charge >= 0.3 is 0 Å². The number of benzene rings is 1. The molecule has 126 valence electrons. The Hall–Kier alpha value is -1.14. The molecule has 0 saturated carbocycles. The first-order chi connectivity index (χ1) is 11.0. The summed E-state index contributed by atoms with van der Waals surface area (Å²) in [5.41, 5.74) is -0.737. The molecule has 2 aliphatic rings. The number of amides is 1. The van der Waals surface area contributed by atoms with E-state index in [1.807, 2.05) is 24.3 Å². The number of nitrogens with zero attached hydrogens (tertiary/aromatic N) is 1. The van der Waals surface area contributed by atoms with Crippen molar-refractivity contribution in [2.24, 2.45) is 0 Å². The highest BCUT2D eigenvalue weighted by Crippen LogP contribution is 2.41. The van der Waals surface area contributed by atoms with E-state index < -0.39 is 11.0 Å². The predicted octanol–water partition coefficient (Wildman–Crippen LogP) is 1.61. The Morgan fingerprint density at radius 2 is 2.00 bits per heavy atom. The number of hydrogen-bond acceptors (Lipinski definition) is 4. The standard InChI is InChI=1S/C17H22ClNO4/c1-22-12-16(21)10-19(11-16)15(20)17(6-8-23-9-7-17)13-4-2-3-5-14(13)18/h2-5,21H,6-12H2,1H3. The summed E-state index contributed by atoms with van der Waals surface area (Å²) < 4.78 is 10.5. The molecule has 0 atom stereocenters. The summed E-state index contributed by atoms with van der Waals surface area (Å²) in [6.07, 6.45) is 1.21. The maximum atomic E-state index is 13.2. The van der Waals surface area contributed by atoms with E-state index in [2.05, 4.69) is 0 Å². The van der Waals surface area contributed by atoms with Gasteiger partial charge in [-0.2, -0.15) is 0 Å². The van der Waals surface area contributed by atoms with E-state index in [4.69, 9.17) is 21.1 Å². The number of aliphatic hydroxyl groups is 1. The summed E-state index contributed by atoms with van der Waals surface area (Å²) >= 11 is 6.38. The average molecular weight is 340 g/mol. The van der Waals surface area contributed by atoms with Gasteiger partial charge in [0.1, 0.15) is 5.60 Å². The second-order valence-corrected chi connectivity index (χ2v) is 6.90. The third-order valence-electron chi connectivity index (χ3n) is 4.82. The fourth-order valence-electron chi connectivity index (χ4n) is 3.64. The molecule has 3 rings (SSSR count). The van der Waals surface area contributed by atoms with Crippen LogP contribution in [-0.4, -0.2) is 61.5 Å². The Morgan fingerprint density at radius 3 is 2.61 bits per heavy atom. The van der Waals surface area contributed by atoms with Crippen LogP contribution in [0.15, 0.2) is 24.3 Å². The zero-order valence-electron chi connectivity index (χ0n) is 13.3. The number of hydrogen-bond donors (Lipinski definition) is 1. The maximum absolute atomic E-state index is 13.2. The first-order valence-electron chi connectivity index (χ1n) is 7.84. The molecular weight excluding hydrogens is 318 g/mol. The molecule has 0 spiro atoms. The number of β-amino-alcohol motifs (C(OH)–C–C–N with tert-alkyl or cyclic N) is 1. The van der Waals surface area contributed by atoms with E-state index in [0.29, 0.717) is 44.2 Å². The average Bonchev–Trinajstić information content (AvgIpc) is 2.53. The molecule has 0 aliphatic carbocycles. The Bertz CT molecular complexity index is 580. The quantitative estimate of drug-likeness (QED) is 0.905. The highest BCUT2D eigenvalue weighted by atomic mass is 35.5. The Labute approximate surface area is 141 Å². The van der Waals surface area contributed by atoms with Gasteiger partial charge in [-0.1, -0.05) is 29.8 Å². The van der Waals surface area contributed by atoms with E-state index in [9.17, 15) is 9.90 Å². The fraction of sp³-hybridized carbons (Fsp3) is 0.588. The first-order valence-corrected chi connectivity index (χ1v) is 8.22. The lowest BCUT2D eigenvalue weighted by Gasteiger charge is -2.50. The molecule has 1 aromatic carbocycles. The SMILES string of the molecule is COCC1(O)CN(C(=O)C2(c3ccccc3Cl)CCOCC2)C1. The third kappa shape index (κ3) is 2.98. The van der Waals surface area contributed by atoms with Crippen molar-refractivity contribution >= 4 is 17.5 Å². The normalized spacial score (nSPS) is 22.5. The minimum atomic E-state index is -0.933. The highest BCUT2D eigenvalue weighted by Gasteiger charge is 2.51. The number of carbonyl (C=O) groups is 1. The second kappa shape index (κ2) is 6.40. The van der Waals surface area contributed by atoms with Crippen molar-refractivity contribution in [1.82, 2.24) is 4.90 Å². The highest BCUT2D eigenvalue weighted by molar-refractivity contribution is 6.31. The van der Waals surface area contributed by atoms with Crippen LogP contribution in [0, 0.1) is 0 Å². The van der Waals surface area contributed by atoms with E-state index in [1.165, 1.54) is 0 Å². The van der Waals surface area contributed by atoms with Crippen LogP contribution < -0.4 is 0 Å². The molecule has 2 aliphatic heterocycles. The zero-order valence-corrected chi connectivity index (χ0v) is 14.0. The van der Waals surface area contributed by atoms with Crippen LogP contribution in [-0.2, 0) is 19.7 Å². The lowest BCUT2D eigenvalue weighted by atomic mass is 9.72. The minimum Gasteiger partial charge on any atom is -0.384 e. The van der Waals surface area contributed by atoms with Crippen molar-refractivity contribution in [2.45, 2.75) is 23.9 Å². The van der Waals surface area contributed by atoms with Gasteiger partial charge < -0.3 is 19.5 Å². The monoisotopic (exact) mass is 339 g/mol. The minimum absolute atomic E-state index is 0.0229. The first kappa shape index (κ1) is 16.7. The lowest BCUT2D eigenvalue weighted by Crippen LogP contribution is -2.68. The van der Waals surface area contributed by atoms with Gasteiger partial charge in [-0.05, 0) is 24.5 Å².